The Hall–Kier alpha value is -3.13. The highest BCUT2D eigenvalue weighted by atomic mass is 16.5. The molecule has 0 spiro atoms. The van der Waals surface area contributed by atoms with E-state index in [1.807, 2.05) is 42.2 Å². The molecule has 1 unspecified atom stereocenters. The van der Waals surface area contributed by atoms with Crippen LogP contribution < -0.4 is 5.32 Å². The van der Waals surface area contributed by atoms with E-state index in [0.717, 1.165) is 5.56 Å². The average molecular weight is 441 g/mol. The van der Waals surface area contributed by atoms with Crippen molar-refractivity contribution in [2.24, 2.45) is 0 Å². The van der Waals surface area contributed by atoms with Crippen LogP contribution in [0.25, 0.3) is 0 Å². The van der Waals surface area contributed by atoms with E-state index < -0.39 is 12.0 Å². The number of piperazine rings is 1. The molecule has 3 rings (SSSR count). The number of rotatable bonds is 8. The fourth-order valence-corrected chi connectivity index (χ4v) is 4.13. The van der Waals surface area contributed by atoms with Crippen LogP contribution in [0, 0.1) is 0 Å². The Morgan fingerprint density at radius 2 is 1.84 bits per heavy atom. The lowest BCUT2D eigenvalue weighted by Crippen LogP contribution is -2.53. The topological polar surface area (TPSA) is 82.2 Å². The number of hydrogen-bond acceptors (Lipinski definition) is 5. The lowest BCUT2D eigenvalue weighted by atomic mass is 9.94. The zero-order valence-corrected chi connectivity index (χ0v) is 18.9. The molecule has 32 heavy (non-hydrogen) atoms. The van der Waals surface area contributed by atoms with Crippen LogP contribution in [0.3, 0.4) is 0 Å². The minimum atomic E-state index is -0.596. The molecule has 8 nitrogen and oxygen atoms in total. The van der Waals surface area contributed by atoms with Gasteiger partial charge >= 0.3 is 12.0 Å². The van der Waals surface area contributed by atoms with Crippen LogP contribution in [-0.4, -0.2) is 78.5 Å². The van der Waals surface area contributed by atoms with Gasteiger partial charge in [0, 0.05) is 51.4 Å². The van der Waals surface area contributed by atoms with Gasteiger partial charge in [0.25, 0.3) is 0 Å². The molecule has 1 saturated heterocycles. The zero-order chi connectivity index (χ0) is 23.1. The van der Waals surface area contributed by atoms with Crippen molar-refractivity contribution in [1.82, 2.24) is 20.0 Å². The molecule has 0 radical (unpaired) electrons. The molecule has 1 N–H and O–H groups in total. The van der Waals surface area contributed by atoms with Gasteiger partial charge < -0.3 is 15.0 Å². The first-order valence-corrected chi connectivity index (χ1v) is 11.1. The number of amides is 3. The van der Waals surface area contributed by atoms with Gasteiger partial charge in [-0.1, -0.05) is 43.3 Å². The van der Waals surface area contributed by atoms with Gasteiger partial charge in [0.05, 0.1) is 18.2 Å². The highest BCUT2D eigenvalue weighted by molar-refractivity contribution is 5.95. The van der Waals surface area contributed by atoms with Gasteiger partial charge in [-0.25, -0.2) is 9.59 Å². The Balaban J connectivity index is 1.97. The van der Waals surface area contributed by atoms with E-state index in [0.29, 0.717) is 50.4 Å². The summed E-state index contributed by atoms with van der Waals surface area (Å²) in [6, 6.07) is 8.56. The van der Waals surface area contributed by atoms with E-state index in [1.54, 1.807) is 17.9 Å². The average Bonchev–Trinajstić information content (AvgIpc) is 2.81. The summed E-state index contributed by atoms with van der Waals surface area (Å²) in [5, 5.41) is 2.96. The van der Waals surface area contributed by atoms with Crippen LogP contribution in [0.5, 0.6) is 0 Å². The van der Waals surface area contributed by atoms with Crippen LogP contribution in [0.2, 0.25) is 0 Å². The molecule has 0 saturated carbocycles. The van der Waals surface area contributed by atoms with Gasteiger partial charge in [-0.15, -0.1) is 6.58 Å². The number of ether oxygens (including phenoxy) is 1. The second-order valence-electron chi connectivity index (χ2n) is 7.78. The van der Waals surface area contributed by atoms with Gasteiger partial charge in [-0.05, 0) is 12.5 Å². The molecule has 0 bridgehead atoms. The molecule has 1 atom stereocenters. The third-order valence-electron chi connectivity index (χ3n) is 5.78. The van der Waals surface area contributed by atoms with Gasteiger partial charge in [-0.3, -0.25) is 14.6 Å². The van der Waals surface area contributed by atoms with Crippen molar-refractivity contribution in [3.05, 3.63) is 59.8 Å². The maximum atomic E-state index is 13.1. The molecule has 1 aromatic rings. The highest BCUT2D eigenvalue weighted by Crippen LogP contribution is 2.32. The quantitative estimate of drug-likeness (QED) is 0.496. The smallest absolute Gasteiger partial charge is 0.338 e. The van der Waals surface area contributed by atoms with Gasteiger partial charge in [0.15, 0.2) is 0 Å². The first kappa shape index (κ1) is 23.5. The maximum Gasteiger partial charge on any atom is 0.338 e. The standard InChI is InChI=1S/C24H32N4O4/c1-4-12-28-19(17-26-13-15-27(16-14-26)20(29)5-2)21(23(30)32-6-3)22(25-24(28)31)18-10-8-7-9-11-18/h4,7-11,22H,1,5-6,12-17H2,2-3H3,(H,25,31). The molecule has 172 valence electrons. The monoisotopic (exact) mass is 440 g/mol. The molecule has 1 fully saturated rings. The van der Waals surface area contributed by atoms with Crippen molar-refractivity contribution in [3.63, 3.8) is 0 Å². The highest BCUT2D eigenvalue weighted by Gasteiger charge is 2.38. The molecule has 8 heteroatoms. The van der Waals surface area contributed by atoms with Crippen LogP contribution in [0.4, 0.5) is 4.79 Å². The van der Waals surface area contributed by atoms with Crippen molar-refractivity contribution in [3.8, 4) is 0 Å². The van der Waals surface area contributed by atoms with E-state index in [1.165, 1.54) is 0 Å². The van der Waals surface area contributed by atoms with Crippen molar-refractivity contribution in [1.29, 1.82) is 0 Å². The third kappa shape index (κ3) is 5.19. The van der Waals surface area contributed by atoms with Crippen LogP contribution in [0.15, 0.2) is 54.3 Å². The summed E-state index contributed by atoms with van der Waals surface area (Å²) in [7, 11) is 0. The minimum absolute atomic E-state index is 0.144. The normalized spacial score (nSPS) is 19.6. The molecular weight excluding hydrogens is 408 g/mol. The molecule has 2 aliphatic rings. The van der Waals surface area contributed by atoms with Gasteiger partial charge in [0.1, 0.15) is 0 Å². The van der Waals surface area contributed by atoms with E-state index in [-0.39, 0.29) is 25.1 Å². The molecule has 2 aliphatic heterocycles. The Morgan fingerprint density at radius 3 is 2.44 bits per heavy atom. The number of hydrogen-bond donors (Lipinski definition) is 1. The Kier molecular flexibility index (Phi) is 8.05. The summed E-state index contributed by atoms with van der Waals surface area (Å²) >= 11 is 0. The van der Waals surface area contributed by atoms with E-state index >= 15 is 0 Å². The first-order chi connectivity index (χ1) is 15.5. The number of urea groups is 1. The summed E-state index contributed by atoms with van der Waals surface area (Å²) in [6.07, 6.45) is 2.13. The summed E-state index contributed by atoms with van der Waals surface area (Å²) < 4.78 is 5.41. The van der Waals surface area contributed by atoms with Crippen molar-refractivity contribution in [2.75, 3.05) is 45.9 Å². The SMILES string of the molecule is C=CCN1C(=O)NC(c2ccccc2)C(C(=O)OCC)=C1CN1CCN(C(=O)CC)CC1. The molecule has 1 aromatic carbocycles. The second-order valence-corrected chi connectivity index (χ2v) is 7.78. The van der Waals surface area contributed by atoms with Crippen LogP contribution in [0.1, 0.15) is 31.9 Å². The van der Waals surface area contributed by atoms with Gasteiger partial charge in [0.2, 0.25) is 5.91 Å². The number of carbonyl (C=O) groups is 3. The minimum Gasteiger partial charge on any atom is -0.463 e. The number of nitrogens with zero attached hydrogens (tertiary/aromatic N) is 3. The van der Waals surface area contributed by atoms with E-state index in [2.05, 4.69) is 16.8 Å². The van der Waals surface area contributed by atoms with E-state index in [9.17, 15) is 14.4 Å². The van der Waals surface area contributed by atoms with Crippen LogP contribution in [-0.2, 0) is 14.3 Å². The van der Waals surface area contributed by atoms with Crippen molar-refractivity contribution < 1.29 is 19.1 Å². The van der Waals surface area contributed by atoms with Crippen molar-refractivity contribution in [2.45, 2.75) is 26.3 Å². The lowest BCUT2D eigenvalue weighted by Gasteiger charge is -2.40. The molecule has 0 aromatic heterocycles. The summed E-state index contributed by atoms with van der Waals surface area (Å²) in [4.78, 5) is 43.8. The zero-order valence-electron chi connectivity index (χ0n) is 18.9. The third-order valence-corrected chi connectivity index (χ3v) is 5.78. The fourth-order valence-electron chi connectivity index (χ4n) is 4.13. The largest absolute Gasteiger partial charge is 0.463 e. The number of esters is 1. The molecule has 3 amide bonds. The van der Waals surface area contributed by atoms with Gasteiger partial charge in [-0.2, -0.15) is 0 Å². The number of benzene rings is 1. The van der Waals surface area contributed by atoms with Crippen LogP contribution >= 0.6 is 0 Å². The fraction of sp³-hybridized carbons (Fsp3) is 0.458. The summed E-state index contributed by atoms with van der Waals surface area (Å²) in [6.45, 7) is 10.9. The lowest BCUT2D eigenvalue weighted by molar-refractivity contribution is -0.139. The number of nitrogens with one attached hydrogen (secondary N) is 1. The Labute approximate surface area is 189 Å². The molecule has 2 heterocycles. The molecular formula is C24H32N4O4. The summed E-state index contributed by atoms with van der Waals surface area (Å²) in [5.41, 5.74) is 1.88. The Bertz CT molecular complexity index is 875. The predicted molar refractivity (Wildman–Crippen MR) is 122 cm³/mol. The summed E-state index contributed by atoms with van der Waals surface area (Å²) in [5.74, 6) is -0.296. The second kappa shape index (κ2) is 10.9. The Morgan fingerprint density at radius 1 is 1.16 bits per heavy atom. The van der Waals surface area contributed by atoms with Crippen molar-refractivity contribution >= 4 is 17.9 Å². The molecule has 0 aliphatic carbocycles. The maximum absolute atomic E-state index is 13.1. The first-order valence-electron chi connectivity index (χ1n) is 11.1. The van der Waals surface area contributed by atoms with E-state index in [4.69, 9.17) is 4.74 Å². The predicted octanol–water partition coefficient (Wildman–Crippen LogP) is 2.31. The number of carbonyl (C=O) groups excluding carboxylic acids is 3.